The van der Waals surface area contributed by atoms with Gasteiger partial charge in [0.05, 0.1) is 6.61 Å². The number of aliphatic hydroxyl groups is 2. The predicted molar refractivity (Wildman–Crippen MR) is 303 cm³/mol. The molecular formula is C63H108O12. The number of unbranched alkanes of at least 4 members (excludes halogenated alkanes) is 27. The molecule has 0 aromatic carbocycles. The van der Waals surface area contributed by atoms with E-state index in [2.05, 4.69) is 81.5 Å². The standard InChI is InChI=1S/C63H108O12/c1-4-7-10-13-16-19-22-24-26-28-30-32-35-37-40-43-46-49-55(64)71-52-54(73-56(65)50-47-44-41-38-34-21-18-15-12-9-6-3)53-72-63-61(59(68)58(67)60(75-63)62(69)70)74-57(66)51-48-45-42-39-36-33-31-29-27-25-23-20-17-14-11-8-5-2/h15-20,24-27,54,58-61,63,67-68H,4-14,21-23,28-53H2,1-3H3,(H,69,70)/b18-15-,19-16-,20-17-,26-24-,27-25-. The summed E-state index contributed by atoms with van der Waals surface area (Å²) in [7, 11) is 0. The molecule has 1 rings (SSSR count). The molecule has 12 heteroatoms. The molecular weight excluding hydrogens is 949 g/mol. The van der Waals surface area contributed by atoms with Crippen molar-refractivity contribution in [1.29, 1.82) is 0 Å². The van der Waals surface area contributed by atoms with Crippen molar-refractivity contribution in [2.75, 3.05) is 13.2 Å². The highest BCUT2D eigenvalue weighted by Gasteiger charge is 2.50. The van der Waals surface area contributed by atoms with Crippen molar-refractivity contribution in [3.05, 3.63) is 60.8 Å². The van der Waals surface area contributed by atoms with Crippen molar-refractivity contribution < 1.29 is 58.2 Å². The van der Waals surface area contributed by atoms with Crippen LogP contribution in [0.3, 0.4) is 0 Å². The van der Waals surface area contributed by atoms with Crippen LogP contribution >= 0.6 is 0 Å². The quantitative estimate of drug-likeness (QED) is 0.0228. The van der Waals surface area contributed by atoms with Crippen LogP contribution in [0.25, 0.3) is 0 Å². The molecule has 0 aliphatic carbocycles. The second-order valence-corrected chi connectivity index (χ2v) is 20.6. The number of ether oxygens (including phenoxy) is 5. The summed E-state index contributed by atoms with van der Waals surface area (Å²) in [5, 5.41) is 31.5. The minimum absolute atomic E-state index is 0.0497. The zero-order valence-electron chi connectivity index (χ0n) is 47.5. The Hall–Kier alpha value is -3.58. The number of hydrogen-bond acceptors (Lipinski definition) is 11. The Balaban J connectivity index is 2.67. The van der Waals surface area contributed by atoms with Crippen molar-refractivity contribution in [1.82, 2.24) is 0 Å². The number of carbonyl (C=O) groups is 4. The Morgan fingerprint density at radius 3 is 1.25 bits per heavy atom. The van der Waals surface area contributed by atoms with Crippen molar-refractivity contribution in [2.24, 2.45) is 0 Å². The zero-order chi connectivity index (χ0) is 54.7. The first-order valence-electron chi connectivity index (χ1n) is 30.3. The van der Waals surface area contributed by atoms with Gasteiger partial charge in [0.1, 0.15) is 18.8 Å². The van der Waals surface area contributed by atoms with Gasteiger partial charge >= 0.3 is 23.9 Å². The third-order valence-corrected chi connectivity index (χ3v) is 13.5. The van der Waals surface area contributed by atoms with Crippen LogP contribution in [0.15, 0.2) is 60.8 Å². The lowest BCUT2D eigenvalue weighted by molar-refractivity contribution is -0.301. The van der Waals surface area contributed by atoms with Gasteiger partial charge in [-0.1, -0.05) is 204 Å². The molecule has 0 amide bonds. The second kappa shape index (κ2) is 51.2. The molecule has 0 spiro atoms. The van der Waals surface area contributed by atoms with E-state index in [1.807, 2.05) is 0 Å². The lowest BCUT2D eigenvalue weighted by atomic mass is 9.98. The SMILES string of the molecule is CCCC/C=C\CCCCCCCC(=O)OC(COC(=O)CCCCCCCCC/C=C\C/C=C\CCCCC)COC1OC(C(=O)O)C(O)C(O)C1OC(=O)CCCCCCCCC/C=C\C/C=C\CCCCC. The van der Waals surface area contributed by atoms with E-state index in [1.54, 1.807) is 0 Å². The molecule has 1 saturated heterocycles. The van der Waals surface area contributed by atoms with Crippen LogP contribution in [0.5, 0.6) is 0 Å². The smallest absolute Gasteiger partial charge is 0.335 e. The van der Waals surface area contributed by atoms with E-state index in [1.165, 1.54) is 70.6 Å². The highest BCUT2D eigenvalue weighted by atomic mass is 16.7. The van der Waals surface area contributed by atoms with Crippen molar-refractivity contribution >= 4 is 23.9 Å². The number of carboxylic acids is 1. The van der Waals surface area contributed by atoms with E-state index < -0.39 is 67.3 Å². The molecule has 1 heterocycles. The summed E-state index contributed by atoms with van der Waals surface area (Å²) in [5.74, 6) is -3.14. The van der Waals surface area contributed by atoms with Gasteiger partial charge in [-0.3, -0.25) is 14.4 Å². The Morgan fingerprint density at radius 2 is 0.813 bits per heavy atom. The van der Waals surface area contributed by atoms with Gasteiger partial charge in [-0.05, 0) is 103 Å². The number of esters is 3. The maximum absolute atomic E-state index is 13.1. The van der Waals surface area contributed by atoms with E-state index in [4.69, 9.17) is 23.7 Å². The fourth-order valence-electron chi connectivity index (χ4n) is 8.82. The van der Waals surface area contributed by atoms with Crippen LogP contribution in [0.2, 0.25) is 0 Å². The average molecular weight is 1060 g/mol. The number of hydrogen-bond donors (Lipinski definition) is 3. The molecule has 1 aliphatic heterocycles. The predicted octanol–water partition coefficient (Wildman–Crippen LogP) is 15.6. The zero-order valence-corrected chi connectivity index (χ0v) is 47.5. The number of aliphatic hydroxyl groups excluding tert-OH is 2. The van der Waals surface area contributed by atoms with E-state index >= 15 is 0 Å². The molecule has 3 N–H and O–H groups in total. The van der Waals surface area contributed by atoms with E-state index in [0.717, 1.165) is 135 Å². The van der Waals surface area contributed by atoms with Gasteiger partial charge in [-0.25, -0.2) is 4.79 Å². The second-order valence-electron chi connectivity index (χ2n) is 20.6. The Kier molecular flexibility index (Phi) is 47.4. The highest BCUT2D eigenvalue weighted by molar-refractivity contribution is 5.74. The van der Waals surface area contributed by atoms with Crippen molar-refractivity contribution in [3.63, 3.8) is 0 Å². The van der Waals surface area contributed by atoms with Gasteiger partial charge in [-0.15, -0.1) is 0 Å². The molecule has 432 valence electrons. The summed E-state index contributed by atoms with van der Waals surface area (Å²) >= 11 is 0. The Bertz CT molecular complexity index is 1540. The summed E-state index contributed by atoms with van der Waals surface area (Å²) in [6, 6.07) is 0. The molecule has 0 bridgehead atoms. The number of rotatable bonds is 51. The molecule has 12 nitrogen and oxygen atoms in total. The molecule has 6 unspecified atom stereocenters. The van der Waals surface area contributed by atoms with Gasteiger partial charge in [0.25, 0.3) is 0 Å². The molecule has 1 fully saturated rings. The minimum Gasteiger partial charge on any atom is -0.479 e. The van der Waals surface area contributed by atoms with Gasteiger partial charge in [-0.2, -0.15) is 0 Å². The largest absolute Gasteiger partial charge is 0.479 e. The topological polar surface area (TPSA) is 175 Å². The van der Waals surface area contributed by atoms with Crippen LogP contribution in [0.4, 0.5) is 0 Å². The lowest BCUT2D eigenvalue weighted by Crippen LogP contribution is -2.61. The summed E-state index contributed by atoms with van der Waals surface area (Å²) in [6.45, 7) is 5.89. The summed E-state index contributed by atoms with van der Waals surface area (Å²) < 4.78 is 28.4. The number of carbonyl (C=O) groups excluding carboxylic acids is 3. The molecule has 6 atom stereocenters. The fourth-order valence-corrected chi connectivity index (χ4v) is 8.82. The monoisotopic (exact) mass is 1060 g/mol. The molecule has 0 aromatic heterocycles. The van der Waals surface area contributed by atoms with Crippen LogP contribution in [0.1, 0.15) is 265 Å². The van der Waals surface area contributed by atoms with Crippen LogP contribution in [-0.2, 0) is 42.9 Å². The molecule has 1 aliphatic rings. The molecule has 0 aromatic rings. The third-order valence-electron chi connectivity index (χ3n) is 13.5. The molecule has 0 saturated carbocycles. The van der Waals surface area contributed by atoms with Gasteiger partial charge < -0.3 is 39.0 Å². The number of aliphatic carboxylic acids is 1. The summed E-state index contributed by atoms with van der Waals surface area (Å²) in [6.07, 6.45) is 50.4. The van der Waals surface area contributed by atoms with Crippen molar-refractivity contribution in [2.45, 2.75) is 302 Å². The van der Waals surface area contributed by atoms with Crippen LogP contribution < -0.4 is 0 Å². The molecule has 75 heavy (non-hydrogen) atoms. The Morgan fingerprint density at radius 1 is 0.440 bits per heavy atom. The fraction of sp³-hybridized carbons (Fsp3) is 0.778. The summed E-state index contributed by atoms with van der Waals surface area (Å²) in [4.78, 5) is 51.1. The normalized spacial score (nSPS) is 18.5. The van der Waals surface area contributed by atoms with E-state index in [0.29, 0.717) is 19.3 Å². The number of allylic oxidation sites excluding steroid dienone is 10. The van der Waals surface area contributed by atoms with E-state index in [-0.39, 0.29) is 25.9 Å². The van der Waals surface area contributed by atoms with E-state index in [9.17, 15) is 34.5 Å². The van der Waals surface area contributed by atoms with Gasteiger partial charge in [0, 0.05) is 19.3 Å². The van der Waals surface area contributed by atoms with Crippen LogP contribution in [-0.4, -0.2) is 89.2 Å². The Labute approximate surface area is 456 Å². The maximum Gasteiger partial charge on any atom is 0.335 e. The lowest BCUT2D eigenvalue weighted by Gasteiger charge is -2.40. The van der Waals surface area contributed by atoms with Gasteiger partial charge in [0.15, 0.2) is 24.6 Å². The first-order valence-corrected chi connectivity index (χ1v) is 30.3. The highest BCUT2D eigenvalue weighted by Crippen LogP contribution is 2.26. The first kappa shape index (κ1) is 69.4. The minimum atomic E-state index is -1.91. The first-order chi connectivity index (χ1) is 36.6. The van der Waals surface area contributed by atoms with Crippen LogP contribution in [0, 0.1) is 0 Å². The molecule has 0 radical (unpaired) electrons. The summed E-state index contributed by atoms with van der Waals surface area (Å²) in [5.41, 5.74) is 0. The van der Waals surface area contributed by atoms with Gasteiger partial charge in [0.2, 0.25) is 0 Å². The van der Waals surface area contributed by atoms with Crippen molar-refractivity contribution in [3.8, 4) is 0 Å². The number of carboxylic acid groups (broad SMARTS) is 1. The maximum atomic E-state index is 13.1. The average Bonchev–Trinajstić information content (AvgIpc) is 3.39. The third kappa shape index (κ3) is 41.2.